The van der Waals surface area contributed by atoms with Crippen molar-refractivity contribution in [3.8, 4) is 0 Å². The van der Waals surface area contributed by atoms with Crippen molar-refractivity contribution in [1.29, 1.82) is 0 Å². The summed E-state index contributed by atoms with van der Waals surface area (Å²) in [5.41, 5.74) is 1.89. The highest BCUT2D eigenvalue weighted by atomic mass is 14.8. The van der Waals surface area contributed by atoms with Crippen molar-refractivity contribution in [3.63, 3.8) is 0 Å². The van der Waals surface area contributed by atoms with Crippen LogP contribution in [0.5, 0.6) is 0 Å². The van der Waals surface area contributed by atoms with Gasteiger partial charge in [-0.2, -0.15) is 0 Å². The molecule has 0 aliphatic heterocycles. The number of rotatable bonds is 9. The third-order valence-electron chi connectivity index (χ3n) is 3.93. The Morgan fingerprint density at radius 3 is 2.15 bits per heavy atom. The van der Waals surface area contributed by atoms with Crippen LogP contribution in [0.2, 0.25) is 0 Å². The molecule has 1 rings (SSSR count). The third-order valence-corrected chi connectivity index (χ3v) is 3.93. The normalized spacial score (nSPS) is 13.2. The van der Waals surface area contributed by atoms with E-state index >= 15 is 0 Å². The van der Waals surface area contributed by atoms with E-state index in [9.17, 15) is 0 Å². The topological polar surface area (TPSA) is 12.0 Å². The summed E-state index contributed by atoms with van der Waals surface area (Å²) in [6, 6.07) is 11.0. The molecular formula is C19H35N. The lowest BCUT2D eigenvalue weighted by atomic mass is 9.75. The Morgan fingerprint density at radius 1 is 0.950 bits per heavy atom. The fourth-order valence-electron chi connectivity index (χ4n) is 2.80. The van der Waals surface area contributed by atoms with Gasteiger partial charge in [0.2, 0.25) is 0 Å². The molecule has 1 N–H and O–H groups in total. The molecule has 1 nitrogen and oxygen atoms in total. The lowest BCUT2D eigenvalue weighted by Gasteiger charge is -2.30. The standard InChI is InChI=1S/C17H29N.C2H6/c1-4-13-17(2,14-9-6-10-15-18-3)16-11-7-5-8-12-16;1-2/h5,7-8,11-12,18H,4,6,9-10,13-15H2,1-3H3;1-2H3. The molecule has 0 aromatic heterocycles. The zero-order chi connectivity index (χ0) is 15.3. The van der Waals surface area contributed by atoms with E-state index in [1.807, 2.05) is 20.9 Å². The Hall–Kier alpha value is -0.820. The van der Waals surface area contributed by atoms with Crippen molar-refractivity contribution in [2.24, 2.45) is 0 Å². The monoisotopic (exact) mass is 277 g/mol. The molecule has 1 heteroatoms. The number of benzene rings is 1. The van der Waals surface area contributed by atoms with Gasteiger partial charge in [0.05, 0.1) is 0 Å². The van der Waals surface area contributed by atoms with Crippen LogP contribution >= 0.6 is 0 Å². The van der Waals surface area contributed by atoms with Gasteiger partial charge in [-0.05, 0) is 43.8 Å². The number of hydrogen-bond acceptors (Lipinski definition) is 1. The smallest absolute Gasteiger partial charge is 0.00519 e. The van der Waals surface area contributed by atoms with E-state index in [2.05, 4.69) is 49.5 Å². The molecule has 0 saturated heterocycles. The minimum absolute atomic E-state index is 0.371. The highest BCUT2D eigenvalue weighted by Gasteiger charge is 2.24. The number of nitrogens with one attached hydrogen (secondary N) is 1. The third kappa shape index (κ3) is 7.09. The van der Waals surface area contributed by atoms with Gasteiger partial charge in [0.1, 0.15) is 0 Å². The Labute approximate surface area is 127 Å². The molecule has 0 radical (unpaired) electrons. The van der Waals surface area contributed by atoms with Gasteiger partial charge in [-0.25, -0.2) is 0 Å². The first-order valence-corrected chi connectivity index (χ1v) is 8.43. The second-order valence-corrected chi connectivity index (χ2v) is 5.59. The van der Waals surface area contributed by atoms with E-state index in [1.165, 1.54) is 44.1 Å². The van der Waals surface area contributed by atoms with Gasteiger partial charge in [0.15, 0.2) is 0 Å². The maximum atomic E-state index is 3.22. The molecule has 0 heterocycles. The van der Waals surface area contributed by atoms with Crippen LogP contribution in [0, 0.1) is 0 Å². The quantitative estimate of drug-likeness (QED) is 0.583. The summed E-state index contributed by atoms with van der Waals surface area (Å²) in [6.45, 7) is 9.88. The lowest BCUT2D eigenvalue weighted by molar-refractivity contribution is 0.377. The molecule has 0 fully saturated rings. The van der Waals surface area contributed by atoms with Gasteiger partial charge in [0.25, 0.3) is 0 Å². The molecule has 20 heavy (non-hydrogen) atoms. The summed E-state index contributed by atoms with van der Waals surface area (Å²) in [7, 11) is 2.03. The molecule has 1 atom stereocenters. The molecule has 1 aromatic rings. The molecule has 0 aliphatic carbocycles. The van der Waals surface area contributed by atoms with E-state index < -0.39 is 0 Å². The van der Waals surface area contributed by atoms with Crippen LogP contribution in [-0.2, 0) is 5.41 Å². The fraction of sp³-hybridized carbons (Fsp3) is 0.684. The van der Waals surface area contributed by atoms with Crippen LogP contribution in [0.1, 0.15) is 71.8 Å². The molecule has 116 valence electrons. The van der Waals surface area contributed by atoms with Crippen molar-refractivity contribution >= 4 is 0 Å². The van der Waals surface area contributed by atoms with E-state index in [4.69, 9.17) is 0 Å². The molecular weight excluding hydrogens is 242 g/mol. The van der Waals surface area contributed by atoms with Gasteiger partial charge < -0.3 is 5.32 Å². The van der Waals surface area contributed by atoms with E-state index in [1.54, 1.807) is 0 Å². The zero-order valence-electron chi connectivity index (χ0n) is 14.3. The highest BCUT2D eigenvalue weighted by molar-refractivity contribution is 5.24. The summed E-state index contributed by atoms with van der Waals surface area (Å²) in [4.78, 5) is 0. The maximum absolute atomic E-state index is 3.22. The average molecular weight is 277 g/mol. The van der Waals surface area contributed by atoms with Crippen LogP contribution in [0.15, 0.2) is 30.3 Å². The molecule has 0 bridgehead atoms. The highest BCUT2D eigenvalue weighted by Crippen LogP contribution is 2.34. The number of hydrogen-bond donors (Lipinski definition) is 1. The largest absolute Gasteiger partial charge is 0.320 e. The molecule has 0 saturated carbocycles. The molecule has 1 unspecified atom stereocenters. The average Bonchev–Trinajstić information content (AvgIpc) is 2.50. The number of unbranched alkanes of at least 4 members (excludes halogenated alkanes) is 2. The second kappa shape index (κ2) is 12.0. The van der Waals surface area contributed by atoms with Crippen LogP contribution in [0.4, 0.5) is 0 Å². The minimum Gasteiger partial charge on any atom is -0.320 e. The van der Waals surface area contributed by atoms with Crippen molar-refractivity contribution in [2.75, 3.05) is 13.6 Å². The van der Waals surface area contributed by atoms with Gasteiger partial charge in [-0.1, -0.05) is 77.3 Å². The minimum atomic E-state index is 0.371. The van der Waals surface area contributed by atoms with Gasteiger partial charge in [-0.15, -0.1) is 0 Å². The first-order valence-electron chi connectivity index (χ1n) is 8.43. The molecule has 0 spiro atoms. The van der Waals surface area contributed by atoms with Gasteiger partial charge in [0, 0.05) is 0 Å². The molecule has 1 aromatic carbocycles. The summed E-state index contributed by atoms with van der Waals surface area (Å²) in [5.74, 6) is 0. The Bertz CT molecular complexity index is 307. The first-order chi connectivity index (χ1) is 9.73. The van der Waals surface area contributed by atoms with Crippen LogP contribution < -0.4 is 5.32 Å². The SMILES string of the molecule is CC.CCCC(C)(CCCCCNC)c1ccccc1. The van der Waals surface area contributed by atoms with Crippen molar-refractivity contribution in [3.05, 3.63) is 35.9 Å². The van der Waals surface area contributed by atoms with E-state index in [0.717, 1.165) is 6.54 Å². The predicted molar refractivity (Wildman–Crippen MR) is 92.4 cm³/mol. The zero-order valence-corrected chi connectivity index (χ0v) is 14.3. The van der Waals surface area contributed by atoms with Gasteiger partial charge in [-0.3, -0.25) is 0 Å². The van der Waals surface area contributed by atoms with Crippen molar-refractivity contribution in [2.45, 2.75) is 71.6 Å². The lowest BCUT2D eigenvalue weighted by Crippen LogP contribution is -2.21. The molecule has 0 amide bonds. The second-order valence-electron chi connectivity index (χ2n) is 5.59. The van der Waals surface area contributed by atoms with Crippen LogP contribution in [0.3, 0.4) is 0 Å². The van der Waals surface area contributed by atoms with Crippen molar-refractivity contribution in [1.82, 2.24) is 5.32 Å². The van der Waals surface area contributed by atoms with Gasteiger partial charge >= 0.3 is 0 Å². The predicted octanol–water partition coefficient (Wildman–Crippen LogP) is 5.55. The summed E-state index contributed by atoms with van der Waals surface area (Å²) in [5, 5.41) is 3.22. The Balaban J connectivity index is 0.00000172. The Kier molecular flexibility index (Phi) is 11.5. The van der Waals surface area contributed by atoms with Crippen LogP contribution in [-0.4, -0.2) is 13.6 Å². The van der Waals surface area contributed by atoms with E-state index in [-0.39, 0.29) is 0 Å². The van der Waals surface area contributed by atoms with Crippen molar-refractivity contribution < 1.29 is 0 Å². The Morgan fingerprint density at radius 2 is 1.60 bits per heavy atom. The van der Waals surface area contributed by atoms with E-state index in [0.29, 0.717) is 5.41 Å². The summed E-state index contributed by atoms with van der Waals surface area (Å²) < 4.78 is 0. The molecule has 0 aliphatic rings. The van der Waals surface area contributed by atoms with Crippen LogP contribution in [0.25, 0.3) is 0 Å². The first kappa shape index (κ1) is 19.2. The fourth-order valence-corrected chi connectivity index (χ4v) is 2.80. The maximum Gasteiger partial charge on any atom is -0.00519 e. The summed E-state index contributed by atoms with van der Waals surface area (Å²) in [6.07, 6.45) is 7.85. The summed E-state index contributed by atoms with van der Waals surface area (Å²) >= 11 is 0.